The lowest BCUT2D eigenvalue weighted by Crippen LogP contribution is -2.46. The van der Waals surface area contributed by atoms with E-state index in [-0.39, 0.29) is 0 Å². The Morgan fingerprint density at radius 3 is 1.88 bits per heavy atom. The molecule has 0 aliphatic rings. The Kier molecular flexibility index (Phi) is 11.1. The molecule has 0 aliphatic carbocycles. The summed E-state index contributed by atoms with van der Waals surface area (Å²) in [5, 5.41) is 3.26. The first-order chi connectivity index (χ1) is 8.24. The normalized spacial score (nSPS) is 12.0. The quantitative estimate of drug-likeness (QED) is 0.406. The molecule has 0 amide bonds. The van der Waals surface area contributed by atoms with Crippen LogP contribution in [0.25, 0.3) is 0 Å². The summed E-state index contributed by atoms with van der Waals surface area (Å²) in [4.78, 5) is 0. The van der Waals surface area contributed by atoms with Crippen LogP contribution in [0, 0.1) is 0 Å². The Morgan fingerprint density at radius 1 is 0.941 bits per heavy atom. The first-order valence-corrected chi connectivity index (χ1v) is 8.50. The van der Waals surface area contributed by atoms with Gasteiger partial charge in [0, 0.05) is 39.0 Å². The average Bonchev–Trinajstić information content (AvgIpc) is 2.30. The number of nitrogens with one attached hydrogen (secondary N) is 1. The summed E-state index contributed by atoms with van der Waals surface area (Å²) >= 11 is 0. The van der Waals surface area contributed by atoms with Crippen LogP contribution in [0.1, 0.15) is 27.2 Å². The van der Waals surface area contributed by atoms with E-state index in [2.05, 4.69) is 5.32 Å². The van der Waals surface area contributed by atoms with Crippen molar-refractivity contribution < 1.29 is 13.3 Å². The molecule has 17 heavy (non-hydrogen) atoms. The van der Waals surface area contributed by atoms with E-state index in [9.17, 15) is 0 Å². The molecule has 0 aromatic carbocycles. The van der Waals surface area contributed by atoms with E-state index in [1.165, 1.54) is 0 Å². The van der Waals surface area contributed by atoms with Gasteiger partial charge in [0.2, 0.25) is 0 Å². The lowest BCUT2D eigenvalue weighted by molar-refractivity contribution is 0.0708. The maximum Gasteiger partial charge on any atom is 0.500 e. The summed E-state index contributed by atoms with van der Waals surface area (Å²) in [7, 11) is -2.43. The second-order valence-electron chi connectivity index (χ2n) is 3.62. The molecule has 0 saturated carbocycles. The fourth-order valence-electron chi connectivity index (χ4n) is 1.66. The zero-order chi connectivity index (χ0) is 13.0. The maximum atomic E-state index is 5.76. The van der Waals surface area contributed by atoms with Crippen molar-refractivity contribution in [3.8, 4) is 0 Å². The van der Waals surface area contributed by atoms with Gasteiger partial charge in [-0.25, -0.2) is 0 Å². The number of rotatable bonds is 12. The summed E-state index contributed by atoms with van der Waals surface area (Å²) < 4.78 is 17.3. The highest BCUT2D eigenvalue weighted by Gasteiger charge is 2.39. The van der Waals surface area contributed by atoms with E-state index in [4.69, 9.17) is 19.0 Å². The molecule has 0 aromatic heterocycles. The van der Waals surface area contributed by atoms with E-state index >= 15 is 0 Å². The molecule has 0 spiro atoms. The lowest BCUT2D eigenvalue weighted by atomic mass is 10.5. The van der Waals surface area contributed by atoms with Gasteiger partial charge in [0.1, 0.15) is 0 Å². The summed E-state index contributed by atoms with van der Waals surface area (Å²) in [6.45, 7) is 10.3. The maximum absolute atomic E-state index is 5.76. The van der Waals surface area contributed by atoms with Gasteiger partial charge in [-0.05, 0) is 33.7 Å². The molecular weight excluding hydrogens is 236 g/mol. The molecule has 0 atom stereocenters. The van der Waals surface area contributed by atoms with Crippen molar-refractivity contribution in [2.24, 2.45) is 5.73 Å². The minimum Gasteiger partial charge on any atom is -0.374 e. The SMILES string of the molecule is CCO[Si](CCCNCCN)(OCC)OCC. The van der Waals surface area contributed by atoms with Gasteiger partial charge in [0.05, 0.1) is 0 Å². The average molecular weight is 264 g/mol. The molecule has 0 aromatic rings. The van der Waals surface area contributed by atoms with Gasteiger partial charge in [0.15, 0.2) is 0 Å². The second-order valence-corrected chi connectivity index (χ2v) is 6.36. The molecule has 0 rings (SSSR count). The molecule has 0 saturated heterocycles. The third kappa shape index (κ3) is 7.85. The fourth-order valence-corrected chi connectivity index (χ4v) is 4.27. The molecule has 0 heterocycles. The number of nitrogens with two attached hydrogens (primary N) is 1. The third-order valence-corrected chi connectivity index (χ3v) is 5.40. The Labute approximate surface area is 106 Å². The van der Waals surface area contributed by atoms with Gasteiger partial charge >= 0.3 is 8.80 Å². The summed E-state index contributed by atoms with van der Waals surface area (Å²) in [6, 6.07) is 0.861. The molecule has 5 nitrogen and oxygen atoms in total. The van der Waals surface area contributed by atoms with E-state index in [0.717, 1.165) is 25.6 Å². The van der Waals surface area contributed by atoms with E-state index in [0.29, 0.717) is 26.4 Å². The predicted octanol–water partition coefficient (Wildman–Crippen LogP) is 0.973. The van der Waals surface area contributed by atoms with Crippen molar-refractivity contribution in [1.82, 2.24) is 5.32 Å². The highest BCUT2D eigenvalue weighted by atomic mass is 28.4. The Bertz CT molecular complexity index is 156. The molecule has 0 radical (unpaired) electrons. The summed E-state index contributed by atoms with van der Waals surface area (Å²) in [5.74, 6) is 0. The van der Waals surface area contributed by atoms with Crippen molar-refractivity contribution in [1.29, 1.82) is 0 Å². The van der Waals surface area contributed by atoms with Crippen molar-refractivity contribution in [3.05, 3.63) is 0 Å². The van der Waals surface area contributed by atoms with Gasteiger partial charge in [-0.3, -0.25) is 0 Å². The van der Waals surface area contributed by atoms with Crippen LogP contribution in [0.2, 0.25) is 6.04 Å². The fraction of sp³-hybridized carbons (Fsp3) is 1.00. The van der Waals surface area contributed by atoms with Crippen LogP contribution in [0.15, 0.2) is 0 Å². The Hall–Kier alpha value is 0.0169. The van der Waals surface area contributed by atoms with E-state index in [1.807, 2.05) is 20.8 Å². The van der Waals surface area contributed by atoms with Crippen LogP contribution in [0.5, 0.6) is 0 Å². The molecular formula is C11H28N2O3Si. The number of hydrogen-bond donors (Lipinski definition) is 2. The smallest absolute Gasteiger partial charge is 0.374 e. The highest BCUT2D eigenvalue weighted by molar-refractivity contribution is 6.60. The van der Waals surface area contributed by atoms with Crippen LogP contribution < -0.4 is 11.1 Å². The molecule has 0 aliphatic heterocycles. The molecule has 0 bridgehead atoms. The van der Waals surface area contributed by atoms with Gasteiger partial charge in [-0.2, -0.15) is 0 Å². The summed E-state index contributed by atoms with van der Waals surface area (Å²) in [6.07, 6.45) is 0.992. The largest absolute Gasteiger partial charge is 0.500 e. The van der Waals surface area contributed by atoms with Crippen molar-refractivity contribution in [2.75, 3.05) is 39.5 Å². The first kappa shape index (κ1) is 17.0. The number of hydrogen-bond acceptors (Lipinski definition) is 5. The van der Waals surface area contributed by atoms with Gasteiger partial charge in [-0.1, -0.05) is 0 Å². The molecule has 6 heteroatoms. The Morgan fingerprint density at radius 2 is 1.47 bits per heavy atom. The second kappa shape index (κ2) is 11.1. The zero-order valence-corrected chi connectivity index (χ0v) is 12.5. The lowest BCUT2D eigenvalue weighted by Gasteiger charge is -2.28. The van der Waals surface area contributed by atoms with E-state index < -0.39 is 8.80 Å². The van der Waals surface area contributed by atoms with Crippen LogP contribution in [-0.4, -0.2) is 48.3 Å². The van der Waals surface area contributed by atoms with Gasteiger partial charge in [0.25, 0.3) is 0 Å². The van der Waals surface area contributed by atoms with Crippen LogP contribution in [0.4, 0.5) is 0 Å². The van der Waals surface area contributed by atoms with Crippen molar-refractivity contribution in [3.63, 3.8) is 0 Å². The predicted molar refractivity (Wildman–Crippen MR) is 72.0 cm³/mol. The molecule has 104 valence electrons. The minimum atomic E-state index is -2.43. The van der Waals surface area contributed by atoms with Gasteiger partial charge < -0.3 is 24.3 Å². The van der Waals surface area contributed by atoms with Crippen LogP contribution in [-0.2, 0) is 13.3 Å². The molecule has 3 N–H and O–H groups in total. The third-order valence-electron chi connectivity index (χ3n) is 2.25. The van der Waals surface area contributed by atoms with Crippen LogP contribution in [0.3, 0.4) is 0 Å². The van der Waals surface area contributed by atoms with E-state index in [1.54, 1.807) is 0 Å². The topological polar surface area (TPSA) is 65.7 Å². The standard InChI is InChI=1S/C11H28N2O3Si/c1-4-14-17(15-5-2,16-6-3)11-7-9-13-10-8-12/h13H,4-12H2,1-3H3. The Balaban J connectivity index is 4.05. The zero-order valence-electron chi connectivity index (χ0n) is 11.5. The molecule has 0 unspecified atom stereocenters. The molecule has 0 fully saturated rings. The summed E-state index contributed by atoms with van der Waals surface area (Å²) in [5.41, 5.74) is 5.41. The van der Waals surface area contributed by atoms with Gasteiger partial charge in [-0.15, -0.1) is 0 Å². The van der Waals surface area contributed by atoms with Crippen molar-refractivity contribution >= 4 is 8.80 Å². The first-order valence-electron chi connectivity index (χ1n) is 6.57. The van der Waals surface area contributed by atoms with Crippen molar-refractivity contribution in [2.45, 2.75) is 33.2 Å². The minimum absolute atomic E-state index is 0.641. The highest BCUT2D eigenvalue weighted by Crippen LogP contribution is 2.17. The monoisotopic (exact) mass is 264 g/mol. The van der Waals surface area contributed by atoms with Crippen LogP contribution >= 0.6 is 0 Å².